The van der Waals surface area contributed by atoms with Gasteiger partial charge in [0, 0.05) is 25.8 Å². The van der Waals surface area contributed by atoms with Crippen LogP contribution in [-0.4, -0.2) is 24.6 Å². The number of hydrogen-bond donors (Lipinski definition) is 1. The SMILES string of the molecule is Cn1c(=O)c2c(nc(Cl)n2CC(=O)Nc2cc(F)cc(F)c2)n(C)c1=O. The summed E-state index contributed by atoms with van der Waals surface area (Å²) >= 11 is 6.00. The molecule has 1 aromatic carbocycles. The number of imidazole rings is 1. The van der Waals surface area contributed by atoms with Crippen LogP contribution in [0.15, 0.2) is 27.8 Å². The first kappa shape index (κ1) is 17.8. The second kappa shape index (κ2) is 6.37. The fraction of sp³-hybridized carbons (Fsp3) is 0.200. The molecule has 0 saturated heterocycles. The summed E-state index contributed by atoms with van der Waals surface area (Å²) in [5.41, 5.74) is -1.38. The summed E-state index contributed by atoms with van der Waals surface area (Å²) in [6, 6.07) is 2.55. The maximum absolute atomic E-state index is 13.2. The molecule has 0 spiro atoms. The second-order valence-electron chi connectivity index (χ2n) is 5.55. The number of aryl methyl sites for hydroxylation is 1. The third-order valence-electron chi connectivity index (χ3n) is 3.75. The lowest BCUT2D eigenvalue weighted by Gasteiger charge is -2.09. The number of amides is 1. The average Bonchev–Trinajstić information content (AvgIpc) is 2.86. The predicted molar refractivity (Wildman–Crippen MR) is 90.2 cm³/mol. The maximum atomic E-state index is 13.2. The molecule has 0 saturated carbocycles. The van der Waals surface area contributed by atoms with Crippen molar-refractivity contribution in [3.8, 4) is 0 Å². The highest BCUT2D eigenvalue weighted by Gasteiger charge is 2.20. The van der Waals surface area contributed by atoms with Gasteiger partial charge in [0.25, 0.3) is 5.56 Å². The van der Waals surface area contributed by atoms with E-state index in [2.05, 4.69) is 10.3 Å². The van der Waals surface area contributed by atoms with Gasteiger partial charge in [-0.05, 0) is 23.7 Å². The molecule has 0 fully saturated rings. The number of carbonyl (C=O) groups is 1. The van der Waals surface area contributed by atoms with E-state index in [4.69, 9.17) is 11.6 Å². The van der Waals surface area contributed by atoms with Crippen molar-refractivity contribution in [3.05, 3.63) is 56.0 Å². The molecule has 26 heavy (non-hydrogen) atoms. The number of nitrogens with zero attached hydrogens (tertiary/aromatic N) is 4. The number of halogens is 3. The van der Waals surface area contributed by atoms with Gasteiger partial charge < -0.3 is 5.32 Å². The number of fused-ring (bicyclic) bond motifs is 1. The molecule has 136 valence electrons. The molecular formula is C15H12ClF2N5O3. The Balaban J connectivity index is 2.01. The number of hydrogen-bond acceptors (Lipinski definition) is 4. The van der Waals surface area contributed by atoms with E-state index in [0.717, 1.165) is 25.8 Å². The van der Waals surface area contributed by atoms with Crippen molar-refractivity contribution < 1.29 is 13.6 Å². The summed E-state index contributed by atoms with van der Waals surface area (Å²) in [6.45, 7) is -0.444. The molecule has 0 aliphatic rings. The van der Waals surface area contributed by atoms with E-state index in [1.54, 1.807) is 0 Å². The number of rotatable bonds is 3. The van der Waals surface area contributed by atoms with Crippen molar-refractivity contribution in [2.45, 2.75) is 6.54 Å². The molecule has 0 atom stereocenters. The van der Waals surface area contributed by atoms with Gasteiger partial charge in [-0.25, -0.2) is 13.6 Å². The Morgan fingerprint density at radius 1 is 1.15 bits per heavy atom. The predicted octanol–water partition coefficient (Wildman–Crippen LogP) is 1.00. The van der Waals surface area contributed by atoms with Gasteiger partial charge >= 0.3 is 5.69 Å². The number of aromatic nitrogens is 4. The fourth-order valence-electron chi connectivity index (χ4n) is 2.53. The number of anilines is 1. The highest BCUT2D eigenvalue weighted by Crippen LogP contribution is 2.17. The molecule has 2 heterocycles. The minimum Gasteiger partial charge on any atom is -0.324 e. The summed E-state index contributed by atoms with van der Waals surface area (Å²) in [5, 5.41) is 2.13. The minimum atomic E-state index is -0.852. The summed E-state index contributed by atoms with van der Waals surface area (Å²) in [5.74, 6) is -2.39. The largest absolute Gasteiger partial charge is 0.332 e. The van der Waals surface area contributed by atoms with E-state index in [-0.39, 0.29) is 22.1 Å². The molecular weight excluding hydrogens is 372 g/mol. The Bertz CT molecular complexity index is 1140. The first-order valence-electron chi connectivity index (χ1n) is 7.26. The van der Waals surface area contributed by atoms with Crippen LogP contribution in [0.3, 0.4) is 0 Å². The monoisotopic (exact) mass is 383 g/mol. The van der Waals surface area contributed by atoms with Crippen LogP contribution >= 0.6 is 11.6 Å². The molecule has 0 bridgehead atoms. The molecule has 1 amide bonds. The summed E-state index contributed by atoms with van der Waals surface area (Å²) in [4.78, 5) is 40.4. The average molecular weight is 384 g/mol. The quantitative estimate of drug-likeness (QED) is 0.683. The third-order valence-corrected chi connectivity index (χ3v) is 4.04. The lowest BCUT2D eigenvalue weighted by molar-refractivity contribution is -0.116. The van der Waals surface area contributed by atoms with Gasteiger partial charge in [0.2, 0.25) is 11.2 Å². The lowest BCUT2D eigenvalue weighted by Crippen LogP contribution is -2.37. The first-order valence-corrected chi connectivity index (χ1v) is 7.64. The summed E-state index contributed by atoms with van der Waals surface area (Å²) in [7, 11) is 2.69. The van der Waals surface area contributed by atoms with Gasteiger partial charge in [-0.2, -0.15) is 4.98 Å². The van der Waals surface area contributed by atoms with Crippen molar-refractivity contribution in [1.82, 2.24) is 18.7 Å². The Labute approximate surface area is 149 Å². The van der Waals surface area contributed by atoms with Crippen molar-refractivity contribution >= 4 is 34.4 Å². The zero-order valence-electron chi connectivity index (χ0n) is 13.6. The molecule has 11 heteroatoms. The van der Waals surface area contributed by atoms with Crippen LogP contribution in [-0.2, 0) is 25.4 Å². The van der Waals surface area contributed by atoms with Gasteiger partial charge in [-0.15, -0.1) is 0 Å². The van der Waals surface area contributed by atoms with E-state index < -0.39 is 35.3 Å². The highest BCUT2D eigenvalue weighted by molar-refractivity contribution is 6.29. The van der Waals surface area contributed by atoms with Gasteiger partial charge in [-0.3, -0.25) is 23.3 Å². The second-order valence-corrected chi connectivity index (χ2v) is 5.89. The molecule has 0 radical (unpaired) electrons. The highest BCUT2D eigenvalue weighted by atomic mass is 35.5. The Kier molecular flexibility index (Phi) is 4.36. The molecule has 2 aromatic heterocycles. The topological polar surface area (TPSA) is 90.9 Å². The van der Waals surface area contributed by atoms with E-state index in [0.29, 0.717) is 6.07 Å². The minimum absolute atomic E-state index is 0.0210. The van der Waals surface area contributed by atoms with E-state index in [1.165, 1.54) is 14.1 Å². The number of carbonyl (C=O) groups excluding carboxylic acids is 1. The van der Waals surface area contributed by atoms with Crippen LogP contribution in [0.2, 0.25) is 5.28 Å². The Morgan fingerprint density at radius 2 is 1.77 bits per heavy atom. The van der Waals surface area contributed by atoms with E-state index in [9.17, 15) is 23.2 Å². The normalized spacial score (nSPS) is 11.1. The van der Waals surface area contributed by atoms with Crippen LogP contribution in [0.25, 0.3) is 11.2 Å². The van der Waals surface area contributed by atoms with E-state index >= 15 is 0 Å². The van der Waals surface area contributed by atoms with Crippen LogP contribution in [0.5, 0.6) is 0 Å². The van der Waals surface area contributed by atoms with Crippen LogP contribution in [0.4, 0.5) is 14.5 Å². The fourth-order valence-corrected chi connectivity index (χ4v) is 2.76. The van der Waals surface area contributed by atoms with Crippen molar-refractivity contribution in [2.24, 2.45) is 14.1 Å². The number of nitrogens with one attached hydrogen (secondary N) is 1. The summed E-state index contributed by atoms with van der Waals surface area (Å²) in [6.07, 6.45) is 0. The Morgan fingerprint density at radius 3 is 2.38 bits per heavy atom. The molecule has 0 aliphatic heterocycles. The van der Waals surface area contributed by atoms with Gasteiger partial charge in [-0.1, -0.05) is 0 Å². The Hall–Kier alpha value is -3.01. The first-order chi connectivity index (χ1) is 12.2. The summed E-state index contributed by atoms with van der Waals surface area (Å²) < 4.78 is 29.5. The van der Waals surface area contributed by atoms with Crippen molar-refractivity contribution in [1.29, 1.82) is 0 Å². The molecule has 3 aromatic rings. The molecule has 8 nitrogen and oxygen atoms in total. The lowest BCUT2D eigenvalue weighted by atomic mass is 10.3. The molecule has 0 unspecified atom stereocenters. The van der Waals surface area contributed by atoms with Crippen molar-refractivity contribution in [3.63, 3.8) is 0 Å². The van der Waals surface area contributed by atoms with Crippen LogP contribution in [0, 0.1) is 11.6 Å². The molecule has 0 aliphatic carbocycles. The molecule has 3 rings (SSSR count). The van der Waals surface area contributed by atoms with Crippen molar-refractivity contribution in [2.75, 3.05) is 5.32 Å². The number of benzene rings is 1. The van der Waals surface area contributed by atoms with Gasteiger partial charge in [0.15, 0.2) is 11.2 Å². The zero-order chi connectivity index (χ0) is 19.2. The van der Waals surface area contributed by atoms with Crippen LogP contribution < -0.4 is 16.6 Å². The van der Waals surface area contributed by atoms with Crippen LogP contribution in [0.1, 0.15) is 0 Å². The standard InChI is InChI=1S/C15H12ClF2N5O3/c1-21-12-11(13(25)22(2)15(21)26)23(14(16)20-12)6-10(24)19-9-4-7(17)3-8(18)5-9/h3-5H,6H2,1-2H3,(H,19,24). The van der Waals surface area contributed by atoms with E-state index in [1.807, 2.05) is 0 Å². The third kappa shape index (κ3) is 2.99. The van der Waals surface area contributed by atoms with Gasteiger partial charge in [0.05, 0.1) is 0 Å². The smallest absolute Gasteiger partial charge is 0.324 e. The maximum Gasteiger partial charge on any atom is 0.332 e. The molecule has 1 N–H and O–H groups in total. The zero-order valence-corrected chi connectivity index (χ0v) is 14.3. The van der Waals surface area contributed by atoms with Gasteiger partial charge in [0.1, 0.15) is 18.2 Å².